The predicted octanol–water partition coefficient (Wildman–Crippen LogP) is 4.49. The molecular formula is C19H19ClO3. The van der Waals surface area contributed by atoms with E-state index in [1.807, 2.05) is 18.2 Å². The molecule has 0 aliphatic carbocycles. The number of carbonyl (C=O) groups is 2. The van der Waals surface area contributed by atoms with Gasteiger partial charge >= 0.3 is 5.97 Å². The molecule has 0 aliphatic rings. The molecule has 2 aromatic rings. The number of rotatable bonds is 8. The predicted molar refractivity (Wildman–Crippen MR) is 91.3 cm³/mol. The quantitative estimate of drug-likeness (QED) is 0.440. The first-order valence-corrected chi connectivity index (χ1v) is 8.15. The summed E-state index contributed by atoms with van der Waals surface area (Å²) in [4.78, 5) is 24.0. The van der Waals surface area contributed by atoms with E-state index in [1.165, 1.54) is 0 Å². The molecule has 0 saturated carbocycles. The summed E-state index contributed by atoms with van der Waals surface area (Å²) in [6, 6.07) is 15.9. The Morgan fingerprint density at radius 2 is 1.65 bits per heavy atom. The molecule has 1 unspecified atom stereocenters. The van der Waals surface area contributed by atoms with Crippen LogP contribution in [0.1, 0.15) is 46.7 Å². The molecule has 0 aromatic heterocycles. The summed E-state index contributed by atoms with van der Waals surface area (Å²) in [6.45, 7) is 0. The average Bonchev–Trinajstić information content (AvgIpc) is 2.58. The summed E-state index contributed by atoms with van der Waals surface area (Å²) >= 11 is 5.65. The monoisotopic (exact) mass is 330 g/mol. The van der Waals surface area contributed by atoms with Crippen LogP contribution in [0, 0.1) is 0 Å². The van der Waals surface area contributed by atoms with Gasteiger partial charge < -0.3 is 5.11 Å². The standard InChI is InChI=1S/C19H19ClO3/c20-12-5-4-11-17(19(22)23)15-9-6-10-16(13-15)18(21)14-7-2-1-3-8-14/h1-3,6-10,13,17H,4-5,11-12H2,(H,22,23). The first-order chi connectivity index (χ1) is 11.1. The van der Waals surface area contributed by atoms with Crippen molar-refractivity contribution in [1.82, 2.24) is 0 Å². The zero-order chi connectivity index (χ0) is 16.7. The molecule has 0 bridgehead atoms. The van der Waals surface area contributed by atoms with E-state index in [4.69, 9.17) is 11.6 Å². The number of unbranched alkanes of at least 4 members (excludes halogenated alkanes) is 1. The number of halogens is 1. The summed E-state index contributed by atoms with van der Waals surface area (Å²) < 4.78 is 0. The van der Waals surface area contributed by atoms with Crippen molar-refractivity contribution < 1.29 is 14.7 Å². The summed E-state index contributed by atoms with van der Waals surface area (Å²) in [5.74, 6) is -1.05. The van der Waals surface area contributed by atoms with Crippen molar-refractivity contribution in [2.45, 2.75) is 25.2 Å². The maximum absolute atomic E-state index is 12.5. The third-order valence-electron chi connectivity index (χ3n) is 3.76. The molecule has 1 N–H and O–H groups in total. The number of carboxylic acid groups (broad SMARTS) is 1. The van der Waals surface area contributed by atoms with E-state index in [9.17, 15) is 14.7 Å². The van der Waals surface area contributed by atoms with Crippen LogP contribution in [0.3, 0.4) is 0 Å². The summed E-state index contributed by atoms with van der Waals surface area (Å²) in [6.07, 6.45) is 2.05. The molecule has 4 heteroatoms. The van der Waals surface area contributed by atoms with Gasteiger partial charge in [0.15, 0.2) is 5.78 Å². The van der Waals surface area contributed by atoms with Crippen LogP contribution in [0.4, 0.5) is 0 Å². The van der Waals surface area contributed by atoms with Crippen LogP contribution in [-0.2, 0) is 4.79 Å². The Morgan fingerprint density at radius 3 is 2.30 bits per heavy atom. The third kappa shape index (κ3) is 4.67. The van der Waals surface area contributed by atoms with Crippen LogP contribution >= 0.6 is 11.6 Å². The molecule has 2 rings (SSSR count). The molecule has 0 aliphatic heterocycles. The fourth-order valence-electron chi connectivity index (χ4n) is 2.53. The molecule has 2 aromatic carbocycles. The largest absolute Gasteiger partial charge is 0.481 e. The van der Waals surface area contributed by atoms with E-state index >= 15 is 0 Å². The first-order valence-electron chi connectivity index (χ1n) is 7.62. The second-order valence-corrected chi connectivity index (χ2v) is 5.77. The lowest BCUT2D eigenvalue weighted by Crippen LogP contribution is -2.13. The highest BCUT2D eigenvalue weighted by molar-refractivity contribution is 6.17. The minimum Gasteiger partial charge on any atom is -0.481 e. The number of alkyl halides is 1. The van der Waals surface area contributed by atoms with E-state index in [-0.39, 0.29) is 5.78 Å². The molecule has 0 radical (unpaired) electrons. The summed E-state index contributed by atoms with van der Waals surface area (Å²) in [5, 5.41) is 9.45. The van der Waals surface area contributed by atoms with Gasteiger partial charge in [0.05, 0.1) is 5.92 Å². The Balaban J connectivity index is 2.23. The molecule has 0 saturated heterocycles. The molecule has 0 amide bonds. The van der Waals surface area contributed by atoms with Gasteiger partial charge in [0.2, 0.25) is 0 Å². The molecule has 0 heterocycles. The topological polar surface area (TPSA) is 54.4 Å². The highest BCUT2D eigenvalue weighted by Crippen LogP contribution is 2.24. The van der Waals surface area contributed by atoms with E-state index < -0.39 is 11.9 Å². The van der Waals surface area contributed by atoms with Crippen LogP contribution < -0.4 is 0 Å². The Labute approximate surface area is 140 Å². The van der Waals surface area contributed by atoms with Gasteiger partial charge in [-0.25, -0.2) is 0 Å². The van der Waals surface area contributed by atoms with Gasteiger partial charge in [-0.15, -0.1) is 11.6 Å². The number of aliphatic carboxylic acids is 1. The van der Waals surface area contributed by atoms with Crippen molar-refractivity contribution in [3.05, 3.63) is 71.3 Å². The Bertz CT molecular complexity index is 667. The highest BCUT2D eigenvalue weighted by Gasteiger charge is 2.20. The zero-order valence-corrected chi connectivity index (χ0v) is 13.5. The molecular weight excluding hydrogens is 312 g/mol. The van der Waals surface area contributed by atoms with Crippen molar-refractivity contribution >= 4 is 23.4 Å². The van der Waals surface area contributed by atoms with Crippen molar-refractivity contribution in [2.75, 3.05) is 5.88 Å². The Morgan fingerprint density at radius 1 is 0.957 bits per heavy atom. The number of benzene rings is 2. The number of hydrogen-bond acceptors (Lipinski definition) is 2. The number of ketones is 1. The maximum Gasteiger partial charge on any atom is 0.310 e. The van der Waals surface area contributed by atoms with Crippen molar-refractivity contribution in [3.63, 3.8) is 0 Å². The Hall–Kier alpha value is -2.13. The number of hydrogen-bond donors (Lipinski definition) is 1. The van der Waals surface area contributed by atoms with Gasteiger partial charge in [-0.05, 0) is 24.5 Å². The van der Waals surface area contributed by atoms with Crippen molar-refractivity contribution in [3.8, 4) is 0 Å². The highest BCUT2D eigenvalue weighted by atomic mass is 35.5. The lowest BCUT2D eigenvalue weighted by molar-refractivity contribution is -0.139. The second kappa shape index (κ2) is 8.49. The van der Waals surface area contributed by atoms with E-state index in [0.29, 0.717) is 29.0 Å². The van der Waals surface area contributed by atoms with Crippen molar-refractivity contribution in [1.29, 1.82) is 0 Å². The molecule has 1 atom stereocenters. The molecule has 23 heavy (non-hydrogen) atoms. The third-order valence-corrected chi connectivity index (χ3v) is 4.03. The first kappa shape index (κ1) is 17.2. The number of carboxylic acids is 1. The van der Waals surface area contributed by atoms with Gasteiger partial charge in [-0.2, -0.15) is 0 Å². The maximum atomic E-state index is 12.5. The summed E-state index contributed by atoms with van der Waals surface area (Å²) in [7, 11) is 0. The Kier molecular flexibility index (Phi) is 6.36. The fourth-order valence-corrected chi connectivity index (χ4v) is 2.72. The van der Waals surface area contributed by atoms with Crippen molar-refractivity contribution in [2.24, 2.45) is 0 Å². The summed E-state index contributed by atoms with van der Waals surface area (Å²) in [5.41, 5.74) is 1.77. The molecule has 0 fully saturated rings. The van der Waals surface area contributed by atoms with Crippen LogP contribution in [-0.4, -0.2) is 22.7 Å². The smallest absolute Gasteiger partial charge is 0.310 e. The van der Waals surface area contributed by atoms with Crippen LogP contribution in [0.2, 0.25) is 0 Å². The van der Waals surface area contributed by atoms with Gasteiger partial charge in [0.1, 0.15) is 0 Å². The minimum atomic E-state index is -0.871. The normalized spacial score (nSPS) is 11.9. The minimum absolute atomic E-state index is 0.0997. The van der Waals surface area contributed by atoms with Crippen LogP contribution in [0.15, 0.2) is 54.6 Å². The van der Waals surface area contributed by atoms with E-state index in [1.54, 1.807) is 36.4 Å². The molecule has 120 valence electrons. The average molecular weight is 331 g/mol. The van der Waals surface area contributed by atoms with Crippen LogP contribution in [0.5, 0.6) is 0 Å². The number of carbonyl (C=O) groups excluding carboxylic acids is 1. The lowest BCUT2D eigenvalue weighted by atomic mass is 9.91. The van der Waals surface area contributed by atoms with Gasteiger partial charge in [0, 0.05) is 17.0 Å². The molecule has 0 spiro atoms. The molecule has 3 nitrogen and oxygen atoms in total. The van der Waals surface area contributed by atoms with Gasteiger partial charge in [-0.1, -0.05) is 55.0 Å². The lowest BCUT2D eigenvalue weighted by Gasteiger charge is -2.13. The van der Waals surface area contributed by atoms with Gasteiger partial charge in [0.25, 0.3) is 0 Å². The van der Waals surface area contributed by atoms with E-state index in [0.717, 1.165) is 12.8 Å². The SMILES string of the molecule is O=C(c1ccccc1)c1cccc(C(CCCCCl)C(=O)O)c1. The van der Waals surface area contributed by atoms with Gasteiger partial charge in [-0.3, -0.25) is 9.59 Å². The van der Waals surface area contributed by atoms with E-state index in [2.05, 4.69) is 0 Å². The second-order valence-electron chi connectivity index (χ2n) is 5.40. The van der Waals surface area contributed by atoms with Crippen LogP contribution in [0.25, 0.3) is 0 Å². The zero-order valence-electron chi connectivity index (χ0n) is 12.7. The fraction of sp³-hybridized carbons (Fsp3) is 0.263.